The van der Waals surface area contributed by atoms with Crippen LogP contribution in [0.5, 0.6) is 11.5 Å². The molecule has 0 spiro atoms. The second-order valence-corrected chi connectivity index (χ2v) is 4.75. The van der Waals surface area contributed by atoms with Crippen LogP contribution in [0.1, 0.15) is 25.3 Å². The van der Waals surface area contributed by atoms with Crippen molar-refractivity contribution >= 4 is 16.5 Å². The third kappa shape index (κ3) is 1.50. The summed E-state index contributed by atoms with van der Waals surface area (Å²) in [5.74, 6) is 1.61. The number of aromatic hydroxyl groups is 1. The summed E-state index contributed by atoms with van der Waals surface area (Å²) in [6.45, 7) is 5.71. The lowest BCUT2D eigenvalue weighted by atomic mass is 9.95. The molecule has 18 heavy (non-hydrogen) atoms. The van der Waals surface area contributed by atoms with E-state index in [1.165, 1.54) is 5.56 Å². The van der Waals surface area contributed by atoms with Gasteiger partial charge in [-0.3, -0.25) is 0 Å². The van der Waals surface area contributed by atoms with Crippen LogP contribution in [0.4, 0.5) is 5.69 Å². The van der Waals surface area contributed by atoms with Crippen LogP contribution in [0.3, 0.4) is 0 Å². The zero-order chi connectivity index (χ0) is 12.7. The molecule has 0 saturated heterocycles. The zero-order valence-electron chi connectivity index (χ0n) is 10.7. The number of phenols is 1. The first-order chi connectivity index (χ1) is 8.72. The van der Waals surface area contributed by atoms with Crippen molar-refractivity contribution in [1.29, 1.82) is 0 Å². The quantitative estimate of drug-likeness (QED) is 0.848. The molecular formula is C15H17NO2. The molecule has 3 heteroatoms. The topological polar surface area (TPSA) is 41.5 Å². The number of phenolic OH excluding ortho intramolecular Hbond substituents is 1. The van der Waals surface area contributed by atoms with Gasteiger partial charge in [0.05, 0.1) is 6.61 Å². The Morgan fingerprint density at radius 1 is 1.44 bits per heavy atom. The summed E-state index contributed by atoms with van der Waals surface area (Å²) in [6, 6.07) is 7.65. The maximum atomic E-state index is 10.1. The van der Waals surface area contributed by atoms with Crippen LogP contribution in [-0.2, 0) is 0 Å². The SMILES string of the molecule is CCOc1cccc2c(O)cc3c(c12)C(C)CN3. The lowest BCUT2D eigenvalue weighted by Gasteiger charge is -2.14. The van der Waals surface area contributed by atoms with Crippen LogP contribution in [0, 0.1) is 0 Å². The van der Waals surface area contributed by atoms with E-state index < -0.39 is 0 Å². The molecule has 94 valence electrons. The molecule has 1 heterocycles. The minimum atomic E-state index is 0.312. The lowest BCUT2D eigenvalue weighted by molar-refractivity contribution is 0.344. The van der Waals surface area contributed by atoms with Gasteiger partial charge >= 0.3 is 0 Å². The highest BCUT2D eigenvalue weighted by atomic mass is 16.5. The Labute approximate surface area is 106 Å². The first kappa shape index (κ1) is 11.2. The number of rotatable bonds is 2. The molecule has 0 aromatic heterocycles. The van der Waals surface area contributed by atoms with Gasteiger partial charge in [0.2, 0.25) is 0 Å². The molecule has 2 aromatic rings. The van der Waals surface area contributed by atoms with E-state index in [-0.39, 0.29) is 0 Å². The standard InChI is InChI=1S/C15H17NO2/c1-3-18-13-6-4-5-10-12(17)7-11-14(15(10)13)9(2)8-16-11/h4-7,9,16-17H,3,8H2,1-2H3. The van der Waals surface area contributed by atoms with Crippen molar-refractivity contribution in [3.63, 3.8) is 0 Å². The van der Waals surface area contributed by atoms with E-state index in [2.05, 4.69) is 12.2 Å². The predicted molar refractivity (Wildman–Crippen MR) is 73.7 cm³/mol. The van der Waals surface area contributed by atoms with Crippen molar-refractivity contribution in [3.05, 3.63) is 29.8 Å². The largest absolute Gasteiger partial charge is 0.507 e. The van der Waals surface area contributed by atoms with Crippen LogP contribution < -0.4 is 10.1 Å². The Hall–Kier alpha value is -1.90. The molecule has 0 amide bonds. The van der Waals surface area contributed by atoms with E-state index in [1.54, 1.807) is 0 Å². The molecule has 0 aliphatic carbocycles. The molecule has 3 rings (SSSR count). The number of nitrogens with one attached hydrogen (secondary N) is 1. The molecule has 1 aliphatic heterocycles. The third-order valence-electron chi connectivity index (χ3n) is 3.53. The van der Waals surface area contributed by atoms with Crippen molar-refractivity contribution in [1.82, 2.24) is 0 Å². The van der Waals surface area contributed by atoms with Gasteiger partial charge in [-0.25, -0.2) is 0 Å². The first-order valence-corrected chi connectivity index (χ1v) is 6.37. The van der Waals surface area contributed by atoms with Gasteiger partial charge in [0.1, 0.15) is 11.5 Å². The Kier molecular flexibility index (Phi) is 2.54. The fourth-order valence-electron chi connectivity index (χ4n) is 2.75. The number of hydrogen-bond acceptors (Lipinski definition) is 3. The van der Waals surface area contributed by atoms with Crippen molar-refractivity contribution in [2.45, 2.75) is 19.8 Å². The third-order valence-corrected chi connectivity index (χ3v) is 3.53. The van der Waals surface area contributed by atoms with Crippen LogP contribution in [0.25, 0.3) is 10.8 Å². The number of ether oxygens (including phenoxy) is 1. The van der Waals surface area contributed by atoms with Crippen molar-refractivity contribution in [3.8, 4) is 11.5 Å². The molecular weight excluding hydrogens is 226 g/mol. The zero-order valence-corrected chi connectivity index (χ0v) is 10.7. The molecule has 3 nitrogen and oxygen atoms in total. The van der Waals surface area contributed by atoms with Gasteiger partial charge in [-0.05, 0) is 18.6 Å². The second kappa shape index (κ2) is 4.09. The first-order valence-electron chi connectivity index (χ1n) is 6.37. The Morgan fingerprint density at radius 2 is 2.28 bits per heavy atom. The summed E-state index contributed by atoms with van der Waals surface area (Å²) in [7, 11) is 0. The summed E-state index contributed by atoms with van der Waals surface area (Å²) in [4.78, 5) is 0. The molecule has 0 saturated carbocycles. The Balaban J connectivity index is 2.38. The van der Waals surface area contributed by atoms with Gasteiger partial charge in [-0.15, -0.1) is 0 Å². The number of anilines is 1. The average Bonchev–Trinajstić information content (AvgIpc) is 2.72. The molecule has 2 aromatic carbocycles. The monoisotopic (exact) mass is 243 g/mol. The highest BCUT2D eigenvalue weighted by molar-refractivity contribution is 6.00. The van der Waals surface area contributed by atoms with Crippen LogP contribution in [0.15, 0.2) is 24.3 Å². The Morgan fingerprint density at radius 3 is 3.06 bits per heavy atom. The number of benzene rings is 2. The van der Waals surface area contributed by atoms with E-state index in [0.29, 0.717) is 18.3 Å². The summed E-state index contributed by atoms with van der Waals surface area (Å²) >= 11 is 0. The maximum absolute atomic E-state index is 10.1. The van der Waals surface area contributed by atoms with Crippen LogP contribution >= 0.6 is 0 Å². The van der Waals surface area contributed by atoms with Gasteiger partial charge in [0, 0.05) is 35.0 Å². The van der Waals surface area contributed by atoms with E-state index in [4.69, 9.17) is 4.74 Å². The fourth-order valence-corrected chi connectivity index (χ4v) is 2.75. The second-order valence-electron chi connectivity index (χ2n) is 4.75. The fraction of sp³-hybridized carbons (Fsp3) is 0.333. The highest BCUT2D eigenvalue weighted by Crippen LogP contribution is 2.44. The molecule has 0 bridgehead atoms. The van der Waals surface area contributed by atoms with Crippen molar-refractivity contribution in [2.24, 2.45) is 0 Å². The van der Waals surface area contributed by atoms with E-state index >= 15 is 0 Å². The molecule has 0 radical (unpaired) electrons. The molecule has 2 N–H and O–H groups in total. The summed E-state index contributed by atoms with van der Waals surface area (Å²) in [6.07, 6.45) is 0. The molecule has 1 unspecified atom stereocenters. The summed E-state index contributed by atoms with van der Waals surface area (Å²) < 4.78 is 5.71. The molecule has 0 fully saturated rings. The van der Waals surface area contributed by atoms with Crippen molar-refractivity contribution in [2.75, 3.05) is 18.5 Å². The number of fused-ring (bicyclic) bond motifs is 3. The van der Waals surface area contributed by atoms with E-state index in [1.807, 2.05) is 31.2 Å². The smallest absolute Gasteiger partial charge is 0.127 e. The summed E-state index contributed by atoms with van der Waals surface area (Å²) in [5, 5.41) is 15.4. The predicted octanol–water partition coefficient (Wildman–Crippen LogP) is 3.47. The molecule has 1 atom stereocenters. The van der Waals surface area contributed by atoms with Gasteiger partial charge < -0.3 is 15.2 Å². The maximum Gasteiger partial charge on any atom is 0.127 e. The van der Waals surface area contributed by atoms with Gasteiger partial charge in [-0.1, -0.05) is 19.1 Å². The van der Waals surface area contributed by atoms with Gasteiger partial charge in [0.15, 0.2) is 0 Å². The van der Waals surface area contributed by atoms with Crippen LogP contribution in [0.2, 0.25) is 0 Å². The Bertz CT molecular complexity index is 607. The summed E-state index contributed by atoms with van der Waals surface area (Å²) in [5.41, 5.74) is 2.28. The minimum absolute atomic E-state index is 0.312. The minimum Gasteiger partial charge on any atom is -0.507 e. The normalized spacial score (nSPS) is 17.6. The highest BCUT2D eigenvalue weighted by Gasteiger charge is 2.24. The van der Waals surface area contributed by atoms with Crippen LogP contribution in [-0.4, -0.2) is 18.3 Å². The van der Waals surface area contributed by atoms with Gasteiger partial charge in [0.25, 0.3) is 0 Å². The average molecular weight is 243 g/mol. The van der Waals surface area contributed by atoms with Crippen molar-refractivity contribution < 1.29 is 9.84 Å². The van der Waals surface area contributed by atoms with E-state index in [9.17, 15) is 5.11 Å². The van der Waals surface area contributed by atoms with Gasteiger partial charge in [-0.2, -0.15) is 0 Å². The van der Waals surface area contributed by atoms with E-state index in [0.717, 1.165) is 28.8 Å². The lowest BCUT2D eigenvalue weighted by Crippen LogP contribution is -1.97. The number of hydrogen-bond donors (Lipinski definition) is 2. The molecule has 1 aliphatic rings.